The fourth-order valence-corrected chi connectivity index (χ4v) is 4.57. The lowest BCUT2D eigenvalue weighted by Crippen LogP contribution is -2.49. The molecular formula is C17H28N2O3. The number of aliphatic hydroxyl groups excluding tert-OH is 1. The first kappa shape index (κ1) is 15.8. The maximum Gasteiger partial charge on any atom is 0.242 e. The molecule has 0 radical (unpaired) electrons. The number of likely N-dealkylation sites (tertiary alicyclic amines) is 2. The van der Waals surface area contributed by atoms with E-state index in [0.717, 1.165) is 58.0 Å². The first-order valence-corrected chi connectivity index (χ1v) is 8.75. The molecule has 0 bridgehead atoms. The van der Waals surface area contributed by atoms with Gasteiger partial charge < -0.3 is 14.9 Å². The number of nitrogens with zero attached hydrogens (tertiary/aromatic N) is 2. The van der Waals surface area contributed by atoms with Crippen molar-refractivity contribution >= 4 is 11.8 Å². The largest absolute Gasteiger partial charge is 0.393 e. The van der Waals surface area contributed by atoms with Crippen LogP contribution in [-0.2, 0) is 9.59 Å². The van der Waals surface area contributed by atoms with Gasteiger partial charge in [-0.15, -0.1) is 0 Å². The summed E-state index contributed by atoms with van der Waals surface area (Å²) in [7, 11) is 0. The summed E-state index contributed by atoms with van der Waals surface area (Å²) in [5.41, 5.74) is 0.0517. The van der Waals surface area contributed by atoms with Gasteiger partial charge >= 0.3 is 0 Å². The molecule has 3 rings (SSSR count). The maximum absolute atomic E-state index is 12.7. The van der Waals surface area contributed by atoms with E-state index in [9.17, 15) is 14.7 Å². The fourth-order valence-electron chi connectivity index (χ4n) is 4.57. The summed E-state index contributed by atoms with van der Waals surface area (Å²) in [5.74, 6) is 0.229. The molecule has 124 valence electrons. The molecule has 22 heavy (non-hydrogen) atoms. The summed E-state index contributed by atoms with van der Waals surface area (Å²) in [6, 6.07) is 0.241. The number of rotatable bonds is 2. The molecule has 3 aliphatic rings. The van der Waals surface area contributed by atoms with E-state index in [1.54, 1.807) is 4.90 Å². The monoisotopic (exact) mass is 308 g/mol. The molecule has 1 aliphatic carbocycles. The molecule has 5 heteroatoms. The zero-order valence-corrected chi connectivity index (χ0v) is 13.6. The molecule has 5 nitrogen and oxygen atoms in total. The quantitative estimate of drug-likeness (QED) is 0.842. The van der Waals surface area contributed by atoms with Gasteiger partial charge in [0.25, 0.3) is 0 Å². The van der Waals surface area contributed by atoms with E-state index < -0.39 is 0 Å². The molecule has 0 aromatic heterocycles. The molecule has 1 N–H and O–H groups in total. The Morgan fingerprint density at radius 3 is 2.91 bits per heavy atom. The molecule has 2 heterocycles. The predicted molar refractivity (Wildman–Crippen MR) is 83.1 cm³/mol. The molecule has 2 amide bonds. The van der Waals surface area contributed by atoms with Crippen LogP contribution in [0.25, 0.3) is 0 Å². The van der Waals surface area contributed by atoms with Crippen molar-refractivity contribution in [3.05, 3.63) is 0 Å². The Hall–Kier alpha value is -1.10. The van der Waals surface area contributed by atoms with E-state index >= 15 is 0 Å². The van der Waals surface area contributed by atoms with Crippen molar-refractivity contribution in [1.82, 2.24) is 9.80 Å². The van der Waals surface area contributed by atoms with Gasteiger partial charge in [0.15, 0.2) is 0 Å². The van der Waals surface area contributed by atoms with Gasteiger partial charge in [0.1, 0.15) is 0 Å². The highest BCUT2D eigenvalue weighted by atomic mass is 16.3. The molecule has 1 saturated carbocycles. The second-order valence-corrected chi connectivity index (χ2v) is 7.57. The second kappa shape index (κ2) is 6.19. The van der Waals surface area contributed by atoms with Crippen LogP contribution in [0.5, 0.6) is 0 Å². The average Bonchev–Trinajstić information content (AvgIpc) is 2.68. The number of fused-ring (bicyclic) bond motifs is 1. The van der Waals surface area contributed by atoms with Gasteiger partial charge in [0.2, 0.25) is 11.8 Å². The van der Waals surface area contributed by atoms with Gasteiger partial charge in [-0.3, -0.25) is 9.59 Å². The number of hydrogen-bond donors (Lipinski definition) is 1. The minimum atomic E-state index is -0.219. The SMILES string of the molecule is C[C@@]12CCN(C(=O)CN3CCCCCC3=O)[C@@H]1CC[C@@H](O)C2. The van der Waals surface area contributed by atoms with Crippen LogP contribution < -0.4 is 0 Å². The third kappa shape index (κ3) is 3.00. The molecule has 0 spiro atoms. The molecule has 3 atom stereocenters. The number of carbonyl (C=O) groups is 2. The number of carbonyl (C=O) groups excluding carboxylic acids is 2. The van der Waals surface area contributed by atoms with E-state index in [0.29, 0.717) is 6.42 Å². The Labute approximate surface area is 132 Å². The van der Waals surface area contributed by atoms with E-state index in [1.807, 2.05) is 4.90 Å². The van der Waals surface area contributed by atoms with Crippen LogP contribution in [0.1, 0.15) is 58.3 Å². The van der Waals surface area contributed by atoms with Crippen LogP contribution in [0, 0.1) is 5.41 Å². The van der Waals surface area contributed by atoms with Crippen molar-refractivity contribution in [2.24, 2.45) is 5.41 Å². The number of amides is 2. The van der Waals surface area contributed by atoms with E-state index in [1.165, 1.54) is 0 Å². The Morgan fingerprint density at radius 1 is 1.27 bits per heavy atom. The van der Waals surface area contributed by atoms with E-state index in [2.05, 4.69) is 6.92 Å². The third-order valence-electron chi connectivity index (χ3n) is 5.90. The smallest absolute Gasteiger partial charge is 0.242 e. The van der Waals surface area contributed by atoms with E-state index in [-0.39, 0.29) is 35.9 Å². The average molecular weight is 308 g/mol. The molecule has 0 aromatic carbocycles. The Bertz CT molecular complexity index is 453. The first-order valence-electron chi connectivity index (χ1n) is 8.75. The maximum atomic E-state index is 12.7. The van der Waals surface area contributed by atoms with Crippen LogP contribution in [0.2, 0.25) is 0 Å². The summed E-state index contributed by atoms with van der Waals surface area (Å²) >= 11 is 0. The molecule has 2 aliphatic heterocycles. The van der Waals surface area contributed by atoms with Crippen molar-refractivity contribution in [3.8, 4) is 0 Å². The molecular weight excluding hydrogens is 280 g/mol. The second-order valence-electron chi connectivity index (χ2n) is 7.57. The predicted octanol–water partition coefficient (Wildman–Crippen LogP) is 1.54. The standard InChI is InChI=1S/C17H28N2O3/c1-17-8-10-19(14(17)7-6-13(20)11-17)16(22)12-18-9-4-2-3-5-15(18)21/h13-14,20H,2-12H2,1H3/t13-,14-,17+/m1/s1. The lowest BCUT2D eigenvalue weighted by molar-refractivity contribution is -0.142. The zero-order chi connectivity index (χ0) is 15.7. The van der Waals surface area contributed by atoms with E-state index in [4.69, 9.17) is 0 Å². The molecule has 3 fully saturated rings. The lowest BCUT2D eigenvalue weighted by Gasteiger charge is -2.41. The number of hydrogen-bond acceptors (Lipinski definition) is 3. The molecule has 0 unspecified atom stereocenters. The van der Waals surface area contributed by atoms with Gasteiger partial charge in [0.05, 0.1) is 12.6 Å². The van der Waals surface area contributed by atoms with Gasteiger partial charge in [-0.2, -0.15) is 0 Å². The summed E-state index contributed by atoms with van der Waals surface area (Å²) in [6.07, 6.45) is 6.84. The summed E-state index contributed by atoms with van der Waals surface area (Å²) in [6.45, 7) is 3.94. The summed E-state index contributed by atoms with van der Waals surface area (Å²) in [4.78, 5) is 28.5. The minimum absolute atomic E-state index is 0.0517. The van der Waals surface area contributed by atoms with Crippen LogP contribution in [0.3, 0.4) is 0 Å². The first-order chi connectivity index (χ1) is 10.5. The van der Waals surface area contributed by atoms with Crippen molar-refractivity contribution in [2.45, 2.75) is 70.4 Å². The summed E-state index contributed by atoms with van der Waals surface area (Å²) in [5, 5.41) is 9.92. The zero-order valence-electron chi connectivity index (χ0n) is 13.6. The minimum Gasteiger partial charge on any atom is -0.393 e. The fraction of sp³-hybridized carbons (Fsp3) is 0.882. The van der Waals surface area contributed by atoms with Gasteiger partial charge in [-0.05, 0) is 43.9 Å². The Balaban J connectivity index is 1.64. The third-order valence-corrected chi connectivity index (χ3v) is 5.90. The Morgan fingerprint density at radius 2 is 2.09 bits per heavy atom. The highest BCUT2D eigenvalue weighted by Crippen LogP contribution is 2.46. The van der Waals surface area contributed by atoms with Gasteiger partial charge in [0, 0.05) is 25.6 Å². The van der Waals surface area contributed by atoms with Crippen LogP contribution in [0.15, 0.2) is 0 Å². The van der Waals surface area contributed by atoms with Crippen molar-refractivity contribution < 1.29 is 14.7 Å². The van der Waals surface area contributed by atoms with Crippen LogP contribution in [0.4, 0.5) is 0 Å². The normalized spacial score (nSPS) is 36.2. The molecule has 2 saturated heterocycles. The molecule has 0 aromatic rings. The van der Waals surface area contributed by atoms with Crippen LogP contribution >= 0.6 is 0 Å². The van der Waals surface area contributed by atoms with Crippen molar-refractivity contribution in [1.29, 1.82) is 0 Å². The summed E-state index contributed by atoms with van der Waals surface area (Å²) < 4.78 is 0. The van der Waals surface area contributed by atoms with Crippen molar-refractivity contribution in [2.75, 3.05) is 19.6 Å². The highest BCUT2D eigenvalue weighted by Gasteiger charge is 2.48. The highest BCUT2D eigenvalue weighted by molar-refractivity contribution is 5.85. The van der Waals surface area contributed by atoms with Crippen LogP contribution in [-0.4, -0.2) is 58.5 Å². The lowest BCUT2D eigenvalue weighted by atomic mass is 9.71. The van der Waals surface area contributed by atoms with Gasteiger partial charge in [-0.25, -0.2) is 0 Å². The van der Waals surface area contributed by atoms with Gasteiger partial charge in [-0.1, -0.05) is 13.3 Å². The number of aliphatic hydroxyl groups is 1. The topological polar surface area (TPSA) is 60.9 Å². The Kier molecular flexibility index (Phi) is 4.44. The van der Waals surface area contributed by atoms with Crippen molar-refractivity contribution in [3.63, 3.8) is 0 Å².